The number of amides is 1. The van der Waals surface area contributed by atoms with Gasteiger partial charge in [-0.15, -0.1) is 0 Å². The summed E-state index contributed by atoms with van der Waals surface area (Å²) in [5.41, 5.74) is 2.52. The van der Waals surface area contributed by atoms with Crippen LogP contribution in [0.5, 0.6) is 0 Å². The zero-order valence-electron chi connectivity index (χ0n) is 12.8. The maximum absolute atomic E-state index is 11.3. The molecule has 1 fully saturated rings. The molecule has 0 unspecified atom stereocenters. The van der Waals surface area contributed by atoms with E-state index in [0.717, 1.165) is 11.4 Å². The second-order valence-electron chi connectivity index (χ2n) is 6.56. The minimum Gasteiger partial charge on any atom is -0.382 e. The van der Waals surface area contributed by atoms with Crippen LogP contribution in [0.15, 0.2) is 24.3 Å². The number of carbonyl (C=O) groups is 1. The molecular formula is C17H26N2O. The van der Waals surface area contributed by atoms with Gasteiger partial charge in [0.2, 0.25) is 5.91 Å². The number of hydrogen-bond acceptors (Lipinski definition) is 2. The van der Waals surface area contributed by atoms with Gasteiger partial charge in [-0.2, -0.15) is 0 Å². The second-order valence-corrected chi connectivity index (χ2v) is 6.56. The van der Waals surface area contributed by atoms with Crippen LogP contribution in [0.25, 0.3) is 0 Å². The van der Waals surface area contributed by atoms with Crippen LogP contribution in [-0.2, 0) is 4.79 Å². The molecule has 20 heavy (non-hydrogen) atoms. The Balaban J connectivity index is 1.86. The third-order valence-corrected chi connectivity index (χ3v) is 4.20. The minimum atomic E-state index is 0.0558. The van der Waals surface area contributed by atoms with Gasteiger partial charge in [0, 0.05) is 23.8 Å². The number of benzene rings is 1. The molecule has 0 saturated heterocycles. The Labute approximate surface area is 122 Å². The topological polar surface area (TPSA) is 41.1 Å². The van der Waals surface area contributed by atoms with Crippen LogP contribution in [0, 0.1) is 5.41 Å². The highest BCUT2D eigenvalue weighted by molar-refractivity contribution is 5.90. The summed E-state index contributed by atoms with van der Waals surface area (Å²) in [5, 5.41) is 6.47. The molecule has 0 atom stereocenters. The Morgan fingerprint density at radius 2 is 1.70 bits per heavy atom. The average Bonchev–Trinajstić information content (AvgIpc) is 2.43. The fourth-order valence-electron chi connectivity index (χ4n) is 2.68. The lowest BCUT2D eigenvalue weighted by molar-refractivity contribution is -0.115. The van der Waals surface area contributed by atoms with Gasteiger partial charge in [0.25, 0.3) is 0 Å². The van der Waals surface area contributed by atoms with Crippen LogP contribution in [0.1, 0.15) is 52.9 Å². The molecule has 1 amide bonds. The van der Waals surface area contributed by atoms with Gasteiger partial charge in [-0.1, -0.05) is 20.8 Å². The summed E-state index contributed by atoms with van der Waals surface area (Å²) in [6, 6.07) is 8.60. The van der Waals surface area contributed by atoms with E-state index in [-0.39, 0.29) is 5.91 Å². The molecule has 1 saturated carbocycles. The maximum Gasteiger partial charge on any atom is 0.224 e. The molecule has 1 aliphatic rings. The Bertz CT molecular complexity index is 441. The molecule has 1 aromatic carbocycles. The molecule has 0 aromatic heterocycles. The first kappa shape index (κ1) is 14.9. The first-order valence-electron chi connectivity index (χ1n) is 7.65. The highest BCUT2D eigenvalue weighted by Gasteiger charge is 2.26. The Morgan fingerprint density at radius 3 is 2.25 bits per heavy atom. The van der Waals surface area contributed by atoms with E-state index >= 15 is 0 Å². The van der Waals surface area contributed by atoms with E-state index in [2.05, 4.69) is 24.5 Å². The van der Waals surface area contributed by atoms with E-state index in [0.29, 0.717) is 17.9 Å². The van der Waals surface area contributed by atoms with Gasteiger partial charge >= 0.3 is 0 Å². The van der Waals surface area contributed by atoms with Gasteiger partial charge in [0.05, 0.1) is 0 Å². The quantitative estimate of drug-likeness (QED) is 0.853. The lowest BCUT2D eigenvalue weighted by Gasteiger charge is -2.35. The number of anilines is 2. The van der Waals surface area contributed by atoms with E-state index in [9.17, 15) is 4.79 Å². The summed E-state index contributed by atoms with van der Waals surface area (Å²) >= 11 is 0. The molecule has 2 N–H and O–H groups in total. The summed E-state index contributed by atoms with van der Waals surface area (Å²) in [7, 11) is 0. The van der Waals surface area contributed by atoms with Crippen molar-refractivity contribution in [3.63, 3.8) is 0 Å². The zero-order valence-corrected chi connectivity index (χ0v) is 12.8. The number of hydrogen-bond donors (Lipinski definition) is 2. The number of rotatable bonds is 4. The SMILES string of the molecule is CCC(=O)Nc1ccc(NC2CCC(C)(C)CC2)cc1. The Hall–Kier alpha value is -1.51. The van der Waals surface area contributed by atoms with E-state index in [1.54, 1.807) is 0 Å². The largest absolute Gasteiger partial charge is 0.382 e. The fraction of sp³-hybridized carbons (Fsp3) is 0.588. The molecule has 0 spiro atoms. The molecule has 0 radical (unpaired) electrons. The Kier molecular flexibility index (Phi) is 4.69. The van der Waals surface area contributed by atoms with Crippen molar-refractivity contribution < 1.29 is 4.79 Å². The maximum atomic E-state index is 11.3. The van der Waals surface area contributed by atoms with Crippen molar-refractivity contribution in [2.45, 2.75) is 58.9 Å². The molecule has 2 rings (SSSR count). The minimum absolute atomic E-state index is 0.0558. The molecule has 3 nitrogen and oxygen atoms in total. The van der Waals surface area contributed by atoms with Crippen LogP contribution in [0.2, 0.25) is 0 Å². The van der Waals surface area contributed by atoms with Crippen LogP contribution in [-0.4, -0.2) is 11.9 Å². The highest BCUT2D eigenvalue weighted by atomic mass is 16.1. The molecule has 0 heterocycles. The van der Waals surface area contributed by atoms with Crippen molar-refractivity contribution in [3.05, 3.63) is 24.3 Å². The summed E-state index contributed by atoms with van der Waals surface area (Å²) in [5.74, 6) is 0.0558. The lowest BCUT2D eigenvalue weighted by atomic mass is 9.75. The highest BCUT2D eigenvalue weighted by Crippen LogP contribution is 2.36. The molecule has 1 aliphatic carbocycles. The molecule has 1 aromatic rings. The van der Waals surface area contributed by atoms with Crippen molar-refractivity contribution in [1.82, 2.24) is 0 Å². The van der Waals surface area contributed by atoms with Gasteiger partial charge < -0.3 is 10.6 Å². The van der Waals surface area contributed by atoms with Crippen molar-refractivity contribution in [1.29, 1.82) is 0 Å². The van der Waals surface area contributed by atoms with E-state index in [1.807, 2.05) is 31.2 Å². The Morgan fingerprint density at radius 1 is 1.15 bits per heavy atom. The zero-order chi connectivity index (χ0) is 14.6. The van der Waals surface area contributed by atoms with E-state index in [4.69, 9.17) is 0 Å². The number of nitrogens with one attached hydrogen (secondary N) is 2. The van der Waals surface area contributed by atoms with Crippen LogP contribution >= 0.6 is 0 Å². The summed E-state index contributed by atoms with van der Waals surface area (Å²) in [4.78, 5) is 11.3. The van der Waals surface area contributed by atoms with Crippen LogP contribution < -0.4 is 10.6 Å². The standard InChI is InChI=1S/C17H26N2O/c1-4-16(20)19-14-7-5-13(6-8-14)18-15-9-11-17(2,3)12-10-15/h5-8,15,18H,4,9-12H2,1-3H3,(H,19,20). The van der Waals surface area contributed by atoms with Crippen LogP contribution in [0.4, 0.5) is 11.4 Å². The second kappa shape index (κ2) is 6.29. The molecular weight excluding hydrogens is 248 g/mol. The average molecular weight is 274 g/mol. The van der Waals surface area contributed by atoms with Crippen molar-refractivity contribution in [3.8, 4) is 0 Å². The van der Waals surface area contributed by atoms with Crippen molar-refractivity contribution in [2.75, 3.05) is 10.6 Å². The predicted octanol–water partition coefficient (Wildman–Crippen LogP) is 4.42. The molecule has 0 aliphatic heterocycles. The van der Waals surface area contributed by atoms with Crippen LogP contribution in [0.3, 0.4) is 0 Å². The first-order chi connectivity index (χ1) is 9.48. The summed E-state index contributed by atoms with van der Waals surface area (Å²) < 4.78 is 0. The predicted molar refractivity (Wildman–Crippen MR) is 85.0 cm³/mol. The van der Waals surface area contributed by atoms with Gasteiger partial charge in [-0.3, -0.25) is 4.79 Å². The van der Waals surface area contributed by atoms with Crippen molar-refractivity contribution in [2.24, 2.45) is 5.41 Å². The third-order valence-electron chi connectivity index (χ3n) is 4.20. The van der Waals surface area contributed by atoms with Gasteiger partial charge in [0.1, 0.15) is 0 Å². The lowest BCUT2D eigenvalue weighted by Crippen LogP contribution is -2.29. The normalized spacial score (nSPS) is 18.6. The molecule has 3 heteroatoms. The smallest absolute Gasteiger partial charge is 0.224 e. The van der Waals surface area contributed by atoms with Gasteiger partial charge in [-0.05, 0) is 55.4 Å². The monoisotopic (exact) mass is 274 g/mol. The summed E-state index contributed by atoms with van der Waals surface area (Å²) in [6.07, 6.45) is 5.56. The first-order valence-corrected chi connectivity index (χ1v) is 7.65. The van der Waals surface area contributed by atoms with E-state index in [1.165, 1.54) is 25.7 Å². The van der Waals surface area contributed by atoms with E-state index < -0.39 is 0 Å². The number of carbonyl (C=O) groups excluding carboxylic acids is 1. The van der Waals surface area contributed by atoms with Crippen molar-refractivity contribution >= 4 is 17.3 Å². The van der Waals surface area contributed by atoms with Gasteiger partial charge in [-0.25, -0.2) is 0 Å². The fourth-order valence-corrected chi connectivity index (χ4v) is 2.68. The molecule has 0 bridgehead atoms. The summed E-state index contributed by atoms with van der Waals surface area (Å²) in [6.45, 7) is 6.57. The third kappa shape index (κ3) is 4.26. The van der Waals surface area contributed by atoms with Gasteiger partial charge in [0.15, 0.2) is 0 Å². The molecule has 110 valence electrons.